The average molecular weight is 393 g/mol. The van der Waals surface area contributed by atoms with Gasteiger partial charge in [-0.3, -0.25) is 0 Å². The second-order valence-corrected chi connectivity index (χ2v) is 11.3. The smallest absolute Gasteiger partial charge is 0.0706 e. The van der Waals surface area contributed by atoms with Crippen LogP contribution in [0.1, 0.15) is 89.9 Å². The van der Waals surface area contributed by atoms with Crippen LogP contribution in [0.25, 0.3) is 0 Å². The summed E-state index contributed by atoms with van der Waals surface area (Å²) in [5.41, 5.74) is -0.985. The van der Waals surface area contributed by atoms with Gasteiger partial charge in [0.05, 0.1) is 23.4 Å². The zero-order valence-corrected chi connectivity index (χ0v) is 17.3. The topological polar surface area (TPSA) is 80.9 Å². The van der Waals surface area contributed by atoms with E-state index in [0.29, 0.717) is 23.7 Å². The number of rotatable bonds is 0. The molecule has 0 amide bonds. The maximum atomic E-state index is 10.5. The van der Waals surface area contributed by atoms with E-state index in [1.165, 1.54) is 38.5 Å². The summed E-state index contributed by atoms with van der Waals surface area (Å²) in [6.45, 7) is 0. The van der Waals surface area contributed by atoms with Crippen LogP contribution in [0.3, 0.4) is 0 Å². The van der Waals surface area contributed by atoms with Gasteiger partial charge in [-0.05, 0) is 87.9 Å². The van der Waals surface area contributed by atoms with Crippen LogP contribution in [0.15, 0.2) is 0 Å². The van der Waals surface area contributed by atoms with Gasteiger partial charge in [-0.25, -0.2) is 0 Å². The number of aliphatic hydroxyl groups excluding tert-OH is 2. The van der Waals surface area contributed by atoms with Crippen LogP contribution in [-0.2, 0) is 0 Å². The normalized spacial score (nSPS) is 57.0. The molecule has 0 aromatic carbocycles. The zero-order chi connectivity index (χ0) is 19.5. The van der Waals surface area contributed by atoms with Gasteiger partial charge in [0.15, 0.2) is 0 Å². The van der Waals surface area contributed by atoms with Gasteiger partial charge in [-0.15, -0.1) is 0 Å². The first-order valence-corrected chi connectivity index (χ1v) is 12.2. The second kappa shape index (κ2) is 7.21. The van der Waals surface area contributed by atoms with Crippen molar-refractivity contribution in [2.75, 3.05) is 0 Å². The molecule has 160 valence electrons. The van der Waals surface area contributed by atoms with E-state index in [-0.39, 0.29) is 24.0 Å². The lowest BCUT2D eigenvalue weighted by Crippen LogP contribution is -2.44. The minimum Gasteiger partial charge on any atom is -0.393 e. The van der Waals surface area contributed by atoms with Crippen molar-refractivity contribution >= 4 is 0 Å². The van der Waals surface area contributed by atoms with Gasteiger partial charge in [0, 0.05) is 11.8 Å². The summed E-state index contributed by atoms with van der Waals surface area (Å²) in [6, 6.07) is 0. The minimum absolute atomic E-state index is 0.212. The van der Waals surface area contributed by atoms with Crippen molar-refractivity contribution in [3.8, 4) is 0 Å². The molecule has 0 heterocycles. The van der Waals surface area contributed by atoms with Crippen LogP contribution in [-0.4, -0.2) is 43.8 Å². The lowest BCUT2D eigenvalue weighted by atomic mass is 9.73. The van der Waals surface area contributed by atoms with Gasteiger partial charge in [-0.1, -0.05) is 25.7 Å². The fourth-order valence-corrected chi connectivity index (χ4v) is 8.98. The van der Waals surface area contributed by atoms with Gasteiger partial charge >= 0.3 is 0 Å². The van der Waals surface area contributed by atoms with Gasteiger partial charge in [-0.2, -0.15) is 0 Å². The minimum atomic E-state index is -0.493. The van der Waals surface area contributed by atoms with E-state index < -0.39 is 11.2 Å². The third-order valence-corrected chi connectivity index (χ3v) is 9.88. The Morgan fingerprint density at radius 3 is 1.39 bits per heavy atom. The highest BCUT2D eigenvalue weighted by atomic mass is 16.3. The van der Waals surface area contributed by atoms with Gasteiger partial charge in [0.25, 0.3) is 0 Å². The third-order valence-electron chi connectivity index (χ3n) is 9.88. The molecule has 28 heavy (non-hydrogen) atoms. The van der Waals surface area contributed by atoms with E-state index >= 15 is 0 Å². The molecule has 6 saturated carbocycles. The molecule has 6 fully saturated rings. The molecule has 0 radical (unpaired) electrons. The highest BCUT2D eigenvalue weighted by Gasteiger charge is 2.58. The average Bonchev–Trinajstić information content (AvgIpc) is 3.00. The Bertz CT molecular complexity index is 531. The van der Waals surface area contributed by atoms with Crippen LogP contribution in [0, 0.1) is 35.5 Å². The van der Waals surface area contributed by atoms with Crippen LogP contribution in [0.2, 0.25) is 0 Å². The predicted octanol–water partition coefficient (Wildman–Crippen LogP) is 3.40. The van der Waals surface area contributed by atoms with Crippen molar-refractivity contribution in [1.29, 1.82) is 0 Å². The Balaban J connectivity index is 0.000000122. The summed E-state index contributed by atoms with van der Waals surface area (Å²) in [7, 11) is 0. The van der Waals surface area contributed by atoms with E-state index in [2.05, 4.69) is 0 Å². The van der Waals surface area contributed by atoms with Crippen molar-refractivity contribution in [1.82, 2.24) is 0 Å². The Morgan fingerprint density at radius 2 is 0.964 bits per heavy atom. The number of hydrogen-bond acceptors (Lipinski definition) is 4. The first-order chi connectivity index (χ1) is 13.4. The van der Waals surface area contributed by atoms with E-state index in [4.69, 9.17) is 0 Å². The Morgan fingerprint density at radius 1 is 0.536 bits per heavy atom. The van der Waals surface area contributed by atoms with E-state index in [1.54, 1.807) is 0 Å². The monoisotopic (exact) mass is 392 g/mol. The molecule has 0 saturated heterocycles. The van der Waals surface area contributed by atoms with Crippen molar-refractivity contribution < 1.29 is 20.4 Å². The summed E-state index contributed by atoms with van der Waals surface area (Å²) in [6.07, 6.45) is 14.9. The van der Waals surface area contributed by atoms with Crippen molar-refractivity contribution in [3.05, 3.63) is 0 Å². The SMILES string of the molecule is O[C@@H]1CCC[C@H]2[C@@H]3CCC[C@@](O)(C3)[C@H]21.O[C@H]1CCC[C@@H]2[C@H]3CCC[C@](O)(C3)[C@@H]21. The van der Waals surface area contributed by atoms with Gasteiger partial charge < -0.3 is 20.4 Å². The molecular formula is C24H40O4. The lowest BCUT2D eigenvalue weighted by molar-refractivity contribution is -0.0843. The van der Waals surface area contributed by atoms with E-state index in [1.807, 2.05) is 0 Å². The summed E-state index contributed by atoms with van der Waals surface area (Å²) >= 11 is 0. The van der Waals surface area contributed by atoms with Crippen LogP contribution >= 0.6 is 0 Å². The summed E-state index contributed by atoms with van der Waals surface area (Å²) in [4.78, 5) is 0. The van der Waals surface area contributed by atoms with Gasteiger partial charge in [0.1, 0.15) is 0 Å². The van der Waals surface area contributed by atoms with Crippen LogP contribution in [0.5, 0.6) is 0 Å². The molecule has 0 unspecified atom stereocenters. The van der Waals surface area contributed by atoms with Crippen molar-refractivity contribution in [2.45, 2.75) is 113 Å². The maximum absolute atomic E-state index is 10.5. The van der Waals surface area contributed by atoms with Crippen LogP contribution < -0.4 is 0 Å². The number of hydrogen-bond donors (Lipinski definition) is 4. The van der Waals surface area contributed by atoms with Crippen LogP contribution in [0.4, 0.5) is 0 Å². The standard InChI is InChI=1S/2C12H20O2/c2*13-10-5-1-4-9-8-3-2-6-12(14,7-8)11(9)10/h2*8-11,13-14H,1-7H2/t2*8-,9+,10-,11-,12-/m10/s1. The van der Waals surface area contributed by atoms with E-state index in [9.17, 15) is 20.4 Å². The fourth-order valence-electron chi connectivity index (χ4n) is 8.98. The highest BCUT2D eigenvalue weighted by molar-refractivity contribution is 5.08. The molecule has 0 aromatic heterocycles. The molecule has 6 aliphatic rings. The van der Waals surface area contributed by atoms with Crippen molar-refractivity contribution in [3.63, 3.8) is 0 Å². The number of fused-ring (bicyclic) bond motifs is 10. The molecule has 4 bridgehead atoms. The Hall–Kier alpha value is -0.160. The molecule has 4 nitrogen and oxygen atoms in total. The maximum Gasteiger partial charge on any atom is 0.0706 e. The first-order valence-electron chi connectivity index (χ1n) is 12.2. The summed E-state index contributed by atoms with van der Waals surface area (Å²) in [5, 5.41) is 41.1. The van der Waals surface area contributed by atoms with E-state index in [0.717, 1.165) is 51.4 Å². The summed E-state index contributed by atoms with van der Waals surface area (Å²) < 4.78 is 0. The van der Waals surface area contributed by atoms with Crippen molar-refractivity contribution in [2.24, 2.45) is 35.5 Å². The Labute approximate surface area is 169 Å². The largest absolute Gasteiger partial charge is 0.393 e. The molecule has 0 aromatic rings. The summed E-state index contributed by atoms with van der Waals surface area (Å²) in [5.74, 6) is 3.12. The molecule has 0 spiro atoms. The first kappa shape index (κ1) is 19.8. The quantitative estimate of drug-likeness (QED) is 0.509. The molecule has 10 atom stereocenters. The molecule has 6 aliphatic carbocycles. The highest BCUT2D eigenvalue weighted by Crippen LogP contribution is 2.58. The molecular weight excluding hydrogens is 352 g/mol. The molecule has 6 rings (SSSR count). The third kappa shape index (κ3) is 3.09. The Kier molecular flexibility index (Phi) is 5.10. The number of aliphatic hydroxyl groups is 4. The molecule has 4 N–H and O–H groups in total. The molecule has 0 aliphatic heterocycles. The predicted molar refractivity (Wildman–Crippen MR) is 107 cm³/mol. The lowest BCUT2D eigenvalue weighted by Gasteiger charge is -2.38. The second-order valence-electron chi connectivity index (χ2n) is 11.3. The fraction of sp³-hybridized carbons (Fsp3) is 1.00. The molecule has 4 heteroatoms. The van der Waals surface area contributed by atoms with Gasteiger partial charge in [0.2, 0.25) is 0 Å². The zero-order valence-electron chi connectivity index (χ0n) is 17.3.